The van der Waals surface area contributed by atoms with E-state index in [4.69, 9.17) is 11.6 Å². The summed E-state index contributed by atoms with van der Waals surface area (Å²) in [6.07, 6.45) is 4.42. The van der Waals surface area contributed by atoms with Crippen LogP contribution in [-0.4, -0.2) is 50.5 Å². The molecule has 8 nitrogen and oxygen atoms in total. The van der Waals surface area contributed by atoms with Gasteiger partial charge < -0.3 is 4.90 Å². The first-order valence-corrected chi connectivity index (χ1v) is 12.3. The van der Waals surface area contributed by atoms with E-state index in [9.17, 15) is 18.5 Å². The Morgan fingerprint density at radius 1 is 1.06 bits per heavy atom. The van der Waals surface area contributed by atoms with Crippen LogP contribution in [0.4, 0.5) is 17.1 Å². The van der Waals surface area contributed by atoms with Crippen LogP contribution in [0.2, 0.25) is 5.02 Å². The first kappa shape index (κ1) is 21.9. The molecule has 2 saturated heterocycles. The van der Waals surface area contributed by atoms with Gasteiger partial charge in [-0.2, -0.15) is 0 Å². The van der Waals surface area contributed by atoms with E-state index in [0.29, 0.717) is 18.3 Å². The Labute approximate surface area is 187 Å². The number of para-hydroxylation sites is 1. The minimum absolute atomic E-state index is 0.170. The Morgan fingerprint density at radius 2 is 1.81 bits per heavy atom. The van der Waals surface area contributed by atoms with E-state index in [1.807, 2.05) is 4.90 Å². The van der Waals surface area contributed by atoms with Crippen molar-refractivity contribution < 1.29 is 13.3 Å². The molecule has 0 saturated carbocycles. The topological polar surface area (TPSA) is 95.8 Å². The third kappa shape index (κ3) is 4.78. The number of piperidine rings is 1. The van der Waals surface area contributed by atoms with Crippen LogP contribution in [0.25, 0.3) is 0 Å². The molecule has 0 aliphatic carbocycles. The molecule has 4 rings (SSSR count). The summed E-state index contributed by atoms with van der Waals surface area (Å²) < 4.78 is 28.1. The number of nitrogens with one attached hydrogen (secondary N) is 1. The molecule has 2 aliphatic heterocycles. The van der Waals surface area contributed by atoms with Crippen LogP contribution < -0.4 is 9.62 Å². The van der Waals surface area contributed by atoms with E-state index in [1.165, 1.54) is 25.0 Å². The predicted molar refractivity (Wildman–Crippen MR) is 121 cm³/mol. The molecule has 2 heterocycles. The van der Waals surface area contributed by atoms with Gasteiger partial charge in [0.1, 0.15) is 5.69 Å². The van der Waals surface area contributed by atoms with Gasteiger partial charge in [-0.05, 0) is 63.0 Å². The van der Waals surface area contributed by atoms with Gasteiger partial charge in [0, 0.05) is 25.2 Å². The van der Waals surface area contributed by atoms with Gasteiger partial charge in [0.2, 0.25) is 0 Å². The van der Waals surface area contributed by atoms with E-state index in [0.717, 1.165) is 38.5 Å². The monoisotopic (exact) mass is 464 g/mol. The van der Waals surface area contributed by atoms with Crippen molar-refractivity contribution in [1.29, 1.82) is 0 Å². The lowest BCUT2D eigenvalue weighted by atomic mass is 10.0. The van der Waals surface area contributed by atoms with Gasteiger partial charge in [-0.15, -0.1) is 0 Å². The molecule has 2 fully saturated rings. The molecule has 0 spiro atoms. The number of hydrogen-bond donors (Lipinski definition) is 1. The summed E-state index contributed by atoms with van der Waals surface area (Å²) in [5.74, 6) is 0. The molecule has 10 heteroatoms. The maximum Gasteiger partial charge on any atom is 0.293 e. The standard InChI is InChI=1S/C21H25ClN4O4S/c22-18-7-1-2-8-19(18)23-31(29,30)17-9-10-20(21(14-17)26(27)28)25-13-5-6-16(15-25)24-11-3-4-12-24/h1-2,7-10,14,16,23H,3-6,11-13,15H2/t16-/m0/s1. The molecule has 31 heavy (non-hydrogen) atoms. The van der Waals surface area contributed by atoms with Crippen molar-refractivity contribution in [3.8, 4) is 0 Å². The molecule has 2 aromatic carbocycles. The molecule has 0 bridgehead atoms. The highest BCUT2D eigenvalue weighted by molar-refractivity contribution is 7.92. The van der Waals surface area contributed by atoms with Gasteiger partial charge in [-0.25, -0.2) is 8.42 Å². The van der Waals surface area contributed by atoms with Crippen LogP contribution in [-0.2, 0) is 10.0 Å². The molecule has 0 unspecified atom stereocenters. The number of rotatable bonds is 6. The second-order valence-electron chi connectivity index (χ2n) is 7.98. The zero-order chi connectivity index (χ0) is 22.0. The van der Waals surface area contributed by atoms with Crippen LogP contribution in [0.5, 0.6) is 0 Å². The van der Waals surface area contributed by atoms with Gasteiger partial charge in [-0.3, -0.25) is 19.7 Å². The highest BCUT2D eigenvalue weighted by Crippen LogP contribution is 2.34. The first-order chi connectivity index (χ1) is 14.8. The number of likely N-dealkylation sites (tertiary alicyclic amines) is 1. The normalized spacial score (nSPS) is 20.0. The van der Waals surface area contributed by atoms with Crippen molar-refractivity contribution in [1.82, 2.24) is 4.90 Å². The molecule has 2 aromatic rings. The summed E-state index contributed by atoms with van der Waals surface area (Å²) in [7, 11) is -4.03. The van der Waals surface area contributed by atoms with Crippen molar-refractivity contribution in [2.45, 2.75) is 36.6 Å². The number of benzene rings is 2. The van der Waals surface area contributed by atoms with Crippen LogP contribution in [0.3, 0.4) is 0 Å². The van der Waals surface area contributed by atoms with E-state index in [-0.39, 0.29) is 21.3 Å². The Balaban J connectivity index is 1.61. The summed E-state index contributed by atoms with van der Waals surface area (Å²) >= 11 is 6.05. The predicted octanol–water partition coefficient (Wildman–Crippen LogP) is 4.11. The molecule has 2 aliphatic rings. The average molecular weight is 465 g/mol. The number of hydrogen-bond acceptors (Lipinski definition) is 6. The number of nitro benzene ring substituents is 1. The van der Waals surface area contributed by atoms with Crippen molar-refractivity contribution in [3.05, 3.63) is 57.6 Å². The highest BCUT2D eigenvalue weighted by atomic mass is 35.5. The van der Waals surface area contributed by atoms with Crippen LogP contribution >= 0.6 is 11.6 Å². The van der Waals surface area contributed by atoms with Gasteiger partial charge in [0.15, 0.2) is 0 Å². The van der Waals surface area contributed by atoms with E-state index in [2.05, 4.69) is 9.62 Å². The number of anilines is 2. The Hall–Kier alpha value is -2.36. The van der Waals surface area contributed by atoms with Crippen molar-refractivity contribution >= 4 is 38.7 Å². The molecule has 0 radical (unpaired) electrons. The van der Waals surface area contributed by atoms with Gasteiger partial charge in [0.05, 0.1) is 20.5 Å². The Morgan fingerprint density at radius 3 is 2.52 bits per heavy atom. The number of nitro groups is 1. The lowest BCUT2D eigenvalue weighted by Gasteiger charge is -2.38. The largest absolute Gasteiger partial charge is 0.364 e. The summed E-state index contributed by atoms with van der Waals surface area (Å²) in [5.41, 5.74) is 0.482. The van der Waals surface area contributed by atoms with Crippen molar-refractivity contribution in [3.63, 3.8) is 0 Å². The minimum atomic E-state index is -4.03. The minimum Gasteiger partial charge on any atom is -0.364 e. The fraction of sp³-hybridized carbons (Fsp3) is 0.429. The molecular weight excluding hydrogens is 440 g/mol. The zero-order valence-electron chi connectivity index (χ0n) is 17.0. The summed E-state index contributed by atoms with van der Waals surface area (Å²) in [6, 6.07) is 10.9. The molecule has 166 valence electrons. The van der Waals surface area contributed by atoms with Crippen molar-refractivity contribution in [2.75, 3.05) is 35.8 Å². The SMILES string of the molecule is O=[N+]([O-])c1cc(S(=O)(=O)Nc2ccccc2Cl)ccc1N1CCC[C@H](N2CCCC2)C1. The molecule has 1 N–H and O–H groups in total. The fourth-order valence-electron chi connectivity index (χ4n) is 4.41. The lowest BCUT2D eigenvalue weighted by Crippen LogP contribution is -2.47. The van der Waals surface area contributed by atoms with Crippen LogP contribution in [0.1, 0.15) is 25.7 Å². The average Bonchev–Trinajstić information content (AvgIpc) is 3.30. The third-order valence-electron chi connectivity index (χ3n) is 5.97. The van der Waals surface area contributed by atoms with Crippen LogP contribution in [0.15, 0.2) is 47.4 Å². The molecule has 1 atom stereocenters. The smallest absolute Gasteiger partial charge is 0.293 e. The summed E-state index contributed by atoms with van der Waals surface area (Å²) in [5, 5.41) is 12.1. The van der Waals surface area contributed by atoms with Gasteiger partial charge >= 0.3 is 0 Å². The second kappa shape index (κ2) is 9.02. The Kier molecular flexibility index (Phi) is 6.36. The summed E-state index contributed by atoms with van der Waals surface area (Å²) in [4.78, 5) is 15.6. The summed E-state index contributed by atoms with van der Waals surface area (Å²) in [6.45, 7) is 3.58. The van der Waals surface area contributed by atoms with Gasteiger partial charge in [-0.1, -0.05) is 23.7 Å². The number of halogens is 1. The number of sulfonamides is 1. The van der Waals surface area contributed by atoms with E-state index < -0.39 is 14.9 Å². The maximum atomic E-state index is 12.8. The molecule has 0 aromatic heterocycles. The van der Waals surface area contributed by atoms with E-state index >= 15 is 0 Å². The third-order valence-corrected chi connectivity index (χ3v) is 7.66. The lowest BCUT2D eigenvalue weighted by molar-refractivity contribution is -0.384. The zero-order valence-corrected chi connectivity index (χ0v) is 18.6. The van der Waals surface area contributed by atoms with Gasteiger partial charge in [0.25, 0.3) is 15.7 Å². The van der Waals surface area contributed by atoms with Crippen molar-refractivity contribution in [2.24, 2.45) is 0 Å². The quantitative estimate of drug-likeness (QED) is 0.510. The first-order valence-electron chi connectivity index (χ1n) is 10.4. The second-order valence-corrected chi connectivity index (χ2v) is 10.1. The Bertz CT molecular complexity index is 1070. The maximum absolute atomic E-state index is 12.8. The van der Waals surface area contributed by atoms with E-state index in [1.54, 1.807) is 24.3 Å². The fourth-order valence-corrected chi connectivity index (χ4v) is 5.75. The van der Waals surface area contributed by atoms with Crippen LogP contribution in [0, 0.1) is 10.1 Å². The highest BCUT2D eigenvalue weighted by Gasteiger charge is 2.31. The molecule has 0 amide bonds. The molecular formula is C21H25ClN4O4S. The number of nitrogens with zero attached hydrogens (tertiary/aromatic N) is 3.